The van der Waals surface area contributed by atoms with Crippen molar-refractivity contribution in [2.75, 3.05) is 13.1 Å². The highest BCUT2D eigenvalue weighted by molar-refractivity contribution is 6.30. The first-order chi connectivity index (χ1) is 6.54. The van der Waals surface area contributed by atoms with Crippen LogP contribution >= 0.6 is 11.6 Å². The van der Waals surface area contributed by atoms with Gasteiger partial charge in [-0.3, -0.25) is 4.79 Å². The van der Waals surface area contributed by atoms with Gasteiger partial charge in [-0.25, -0.2) is 0 Å². The maximum atomic E-state index is 11.8. The molecule has 0 saturated carbocycles. The molecular formula is C10H18ClNO2. The van der Waals surface area contributed by atoms with Crippen molar-refractivity contribution in [1.29, 1.82) is 0 Å². The zero-order valence-electron chi connectivity index (χ0n) is 9.00. The Morgan fingerprint density at radius 1 is 1.50 bits per heavy atom. The summed E-state index contributed by atoms with van der Waals surface area (Å²) in [6, 6.07) is 0. The molecule has 1 amide bonds. The van der Waals surface area contributed by atoms with Crippen molar-refractivity contribution >= 4 is 17.5 Å². The predicted molar refractivity (Wildman–Crippen MR) is 56.5 cm³/mol. The number of carbonyl (C=O) groups is 1. The standard InChI is InChI=1S/C10H18ClNO2/c1-4-9(11)10(13)12-5-7(2)14-8(3)6-12/h7-9H,4-6H2,1-3H3. The summed E-state index contributed by atoms with van der Waals surface area (Å²) >= 11 is 5.91. The summed E-state index contributed by atoms with van der Waals surface area (Å²) in [5.74, 6) is 0.0381. The minimum absolute atomic E-state index is 0.0381. The fraction of sp³-hybridized carbons (Fsp3) is 0.900. The van der Waals surface area contributed by atoms with Crippen molar-refractivity contribution in [3.05, 3.63) is 0 Å². The smallest absolute Gasteiger partial charge is 0.240 e. The zero-order chi connectivity index (χ0) is 10.7. The van der Waals surface area contributed by atoms with E-state index in [1.54, 1.807) is 4.90 Å². The Morgan fingerprint density at radius 2 is 2.00 bits per heavy atom. The Labute approximate surface area is 90.4 Å². The van der Waals surface area contributed by atoms with Gasteiger partial charge in [-0.1, -0.05) is 6.92 Å². The van der Waals surface area contributed by atoms with Crippen molar-refractivity contribution < 1.29 is 9.53 Å². The average Bonchev–Trinajstić information content (AvgIpc) is 2.14. The van der Waals surface area contributed by atoms with Gasteiger partial charge in [0.1, 0.15) is 5.38 Å². The van der Waals surface area contributed by atoms with Gasteiger partial charge >= 0.3 is 0 Å². The second-order valence-corrected chi connectivity index (χ2v) is 4.40. The molecule has 0 aromatic rings. The molecule has 1 saturated heterocycles. The van der Waals surface area contributed by atoms with Crippen LogP contribution < -0.4 is 0 Å². The number of morpholine rings is 1. The summed E-state index contributed by atoms with van der Waals surface area (Å²) in [5, 5.41) is -0.382. The lowest BCUT2D eigenvalue weighted by Crippen LogP contribution is -2.50. The quantitative estimate of drug-likeness (QED) is 0.661. The van der Waals surface area contributed by atoms with Crippen molar-refractivity contribution in [2.45, 2.75) is 44.8 Å². The number of carbonyl (C=O) groups excluding carboxylic acids is 1. The van der Waals surface area contributed by atoms with Crippen LogP contribution in [0.4, 0.5) is 0 Å². The van der Waals surface area contributed by atoms with Crippen molar-refractivity contribution in [3.63, 3.8) is 0 Å². The van der Waals surface area contributed by atoms with Gasteiger partial charge in [-0.15, -0.1) is 11.6 Å². The Kier molecular flexibility index (Phi) is 4.20. The summed E-state index contributed by atoms with van der Waals surface area (Å²) in [6.45, 7) is 7.19. The molecule has 1 heterocycles. The minimum atomic E-state index is -0.382. The lowest BCUT2D eigenvalue weighted by Gasteiger charge is -2.36. The lowest BCUT2D eigenvalue weighted by molar-refractivity contribution is -0.142. The van der Waals surface area contributed by atoms with Crippen LogP contribution in [-0.4, -0.2) is 41.5 Å². The lowest BCUT2D eigenvalue weighted by atomic mass is 10.2. The van der Waals surface area contributed by atoms with Crippen LogP contribution in [0, 0.1) is 0 Å². The van der Waals surface area contributed by atoms with Gasteiger partial charge in [0.05, 0.1) is 12.2 Å². The van der Waals surface area contributed by atoms with E-state index in [-0.39, 0.29) is 23.5 Å². The summed E-state index contributed by atoms with van der Waals surface area (Å²) in [4.78, 5) is 13.6. The van der Waals surface area contributed by atoms with Crippen LogP contribution in [0.2, 0.25) is 0 Å². The summed E-state index contributed by atoms with van der Waals surface area (Å²) in [5.41, 5.74) is 0. The monoisotopic (exact) mass is 219 g/mol. The molecule has 1 aliphatic rings. The van der Waals surface area contributed by atoms with Crippen molar-refractivity contribution in [3.8, 4) is 0 Å². The van der Waals surface area contributed by atoms with Crippen molar-refractivity contribution in [2.24, 2.45) is 0 Å². The number of amides is 1. The topological polar surface area (TPSA) is 29.5 Å². The van der Waals surface area contributed by atoms with Gasteiger partial charge in [0.2, 0.25) is 5.91 Å². The van der Waals surface area contributed by atoms with Gasteiger partial charge in [-0.2, -0.15) is 0 Å². The molecule has 3 unspecified atom stereocenters. The largest absolute Gasteiger partial charge is 0.372 e. The van der Waals surface area contributed by atoms with Gasteiger partial charge in [0.25, 0.3) is 0 Å². The van der Waals surface area contributed by atoms with Crippen LogP contribution in [0.5, 0.6) is 0 Å². The first-order valence-electron chi connectivity index (χ1n) is 5.13. The third-order valence-electron chi connectivity index (χ3n) is 2.36. The van der Waals surface area contributed by atoms with E-state index < -0.39 is 0 Å². The first-order valence-corrected chi connectivity index (χ1v) is 5.56. The Morgan fingerprint density at radius 3 is 2.43 bits per heavy atom. The number of nitrogens with zero attached hydrogens (tertiary/aromatic N) is 1. The molecule has 0 bridgehead atoms. The fourth-order valence-electron chi connectivity index (χ4n) is 1.73. The van der Waals surface area contributed by atoms with E-state index in [1.807, 2.05) is 20.8 Å². The molecule has 1 rings (SSSR count). The molecule has 1 fully saturated rings. The molecule has 82 valence electrons. The fourth-order valence-corrected chi connectivity index (χ4v) is 1.87. The maximum absolute atomic E-state index is 11.8. The number of ether oxygens (including phenoxy) is 1. The van der Waals surface area contributed by atoms with E-state index in [9.17, 15) is 4.79 Å². The second-order valence-electron chi connectivity index (χ2n) is 3.88. The molecule has 4 heteroatoms. The highest BCUT2D eigenvalue weighted by Crippen LogP contribution is 2.14. The Hall–Kier alpha value is -0.280. The Balaban J connectivity index is 2.54. The number of hydrogen-bond donors (Lipinski definition) is 0. The van der Waals surface area contributed by atoms with E-state index >= 15 is 0 Å². The molecule has 0 N–H and O–H groups in total. The van der Waals surface area contributed by atoms with Crippen LogP contribution in [-0.2, 0) is 9.53 Å². The van der Waals surface area contributed by atoms with Crippen molar-refractivity contribution in [1.82, 2.24) is 4.90 Å². The molecule has 0 aromatic heterocycles. The predicted octanol–water partition coefficient (Wildman–Crippen LogP) is 1.64. The van der Waals surface area contributed by atoms with Crippen LogP contribution in [0.25, 0.3) is 0 Å². The van der Waals surface area contributed by atoms with E-state index in [1.165, 1.54) is 0 Å². The van der Waals surface area contributed by atoms with E-state index in [0.29, 0.717) is 19.5 Å². The number of alkyl halides is 1. The molecule has 0 aromatic carbocycles. The van der Waals surface area contributed by atoms with Gasteiger partial charge in [-0.05, 0) is 20.3 Å². The van der Waals surface area contributed by atoms with Crippen LogP contribution in [0.15, 0.2) is 0 Å². The van der Waals surface area contributed by atoms with Crippen LogP contribution in [0.1, 0.15) is 27.2 Å². The molecule has 1 aliphatic heterocycles. The van der Waals surface area contributed by atoms with E-state index in [0.717, 1.165) is 0 Å². The third-order valence-corrected chi connectivity index (χ3v) is 2.85. The molecule has 3 nitrogen and oxygen atoms in total. The van der Waals surface area contributed by atoms with E-state index in [4.69, 9.17) is 16.3 Å². The molecule has 0 radical (unpaired) electrons. The van der Waals surface area contributed by atoms with Gasteiger partial charge in [0, 0.05) is 13.1 Å². The number of halogens is 1. The summed E-state index contributed by atoms with van der Waals surface area (Å²) in [6.07, 6.45) is 0.910. The molecule has 0 aliphatic carbocycles. The minimum Gasteiger partial charge on any atom is -0.372 e. The SMILES string of the molecule is CCC(Cl)C(=O)N1CC(C)OC(C)C1. The third kappa shape index (κ3) is 2.85. The normalized spacial score (nSPS) is 30.1. The Bertz CT molecular complexity index is 200. The highest BCUT2D eigenvalue weighted by Gasteiger charge is 2.28. The first kappa shape index (κ1) is 11.8. The number of hydrogen-bond acceptors (Lipinski definition) is 2. The van der Waals surface area contributed by atoms with Crippen LogP contribution in [0.3, 0.4) is 0 Å². The second kappa shape index (κ2) is 4.99. The molecule has 3 atom stereocenters. The highest BCUT2D eigenvalue weighted by atomic mass is 35.5. The average molecular weight is 220 g/mol. The summed E-state index contributed by atoms with van der Waals surface area (Å²) < 4.78 is 5.54. The number of rotatable bonds is 2. The molecular weight excluding hydrogens is 202 g/mol. The van der Waals surface area contributed by atoms with Gasteiger partial charge in [0.15, 0.2) is 0 Å². The maximum Gasteiger partial charge on any atom is 0.240 e. The summed E-state index contributed by atoms with van der Waals surface area (Å²) in [7, 11) is 0. The van der Waals surface area contributed by atoms with Gasteiger partial charge < -0.3 is 9.64 Å². The molecule has 0 spiro atoms. The van der Waals surface area contributed by atoms with E-state index in [2.05, 4.69) is 0 Å². The zero-order valence-corrected chi connectivity index (χ0v) is 9.75. The molecule has 14 heavy (non-hydrogen) atoms.